The molecular formula is C15H11N3O. The second-order valence-electron chi connectivity index (χ2n) is 3.80. The van der Waals surface area contributed by atoms with E-state index in [1.807, 2.05) is 12.1 Å². The number of amides is 1. The molecule has 0 saturated carbocycles. The SMILES string of the molecule is N#Cc1ccc(NC(=O)C=Cc2cccnc2)cc1. The lowest BCUT2D eigenvalue weighted by Crippen LogP contribution is -2.07. The van der Waals surface area contributed by atoms with Crippen LogP contribution >= 0.6 is 0 Å². The number of nitrogens with zero attached hydrogens (tertiary/aromatic N) is 2. The van der Waals surface area contributed by atoms with Crippen LogP contribution in [-0.2, 0) is 4.79 Å². The van der Waals surface area contributed by atoms with Crippen molar-refractivity contribution in [2.75, 3.05) is 5.32 Å². The zero-order valence-corrected chi connectivity index (χ0v) is 10.1. The maximum atomic E-state index is 11.7. The summed E-state index contributed by atoms with van der Waals surface area (Å²) in [6, 6.07) is 12.4. The normalized spacial score (nSPS) is 10.1. The molecule has 0 aliphatic heterocycles. The van der Waals surface area contributed by atoms with Crippen LogP contribution in [0, 0.1) is 11.3 Å². The van der Waals surface area contributed by atoms with Crippen LogP contribution in [0.5, 0.6) is 0 Å². The third-order valence-electron chi connectivity index (χ3n) is 2.39. The highest BCUT2D eigenvalue weighted by Gasteiger charge is 1.98. The van der Waals surface area contributed by atoms with Gasteiger partial charge >= 0.3 is 0 Å². The second-order valence-corrected chi connectivity index (χ2v) is 3.80. The molecular weight excluding hydrogens is 238 g/mol. The lowest BCUT2D eigenvalue weighted by molar-refractivity contribution is -0.111. The van der Waals surface area contributed by atoms with E-state index in [1.165, 1.54) is 6.08 Å². The molecule has 1 aromatic heterocycles. The van der Waals surface area contributed by atoms with Gasteiger partial charge in [-0.15, -0.1) is 0 Å². The summed E-state index contributed by atoms with van der Waals surface area (Å²) in [6.45, 7) is 0. The van der Waals surface area contributed by atoms with Gasteiger partial charge in [-0.2, -0.15) is 5.26 Å². The highest BCUT2D eigenvalue weighted by atomic mass is 16.1. The van der Waals surface area contributed by atoms with Crippen molar-refractivity contribution >= 4 is 17.7 Å². The Morgan fingerprint density at radius 2 is 2.05 bits per heavy atom. The fourth-order valence-electron chi connectivity index (χ4n) is 1.46. The molecule has 0 unspecified atom stereocenters. The fraction of sp³-hybridized carbons (Fsp3) is 0. The van der Waals surface area contributed by atoms with Crippen molar-refractivity contribution in [3.05, 3.63) is 66.0 Å². The van der Waals surface area contributed by atoms with Crippen LogP contribution in [0.3, 0.4) is 0 Å². The number of hydrogen-bond donors (Lipinski definition) is 1. The zero-order chi connectivity index (χ0) is 13.5. The quantitative estimate of drug-likeness (QED) is 0.850. The molecule has 2 rings (SSSR count). The number of carbonyl (C=O) groups excluding carboxylic acids is 1. The molecule has 0 radical (unpaired) electrons. The summed E-state index contributed by atoms with van der Waals surface area (Å²) in [6.07, 6.45) is 6.47. The lowest BCUT2D eigenvalue weighted by Gasteiger charge is -2.01. The third-order valence-corrected chi connectivity index (χ3v) is 2.39. The van der Waals surface area contributed by atoms with E-state index in [1.54, 1.807) is 48.8 Å². The number of nitrogens with one attached hydrogen (secondary N) is 1. The van der Waals surface area contributed by atoms with Crippen LogP contribution in [-0.4, -0.2) is 10.9 Å². The molecule has 0 aliphatic carbocycles. The summed E-state index contributed by atoms with van der Waals surface area (Å²) >= 11 is 0. The molecule has 0 saturated heterocycles. The Hall–Kier alpha value is -2.93. The minimum absolute atomic E-state index is 0.228. The van der Waals surface area contributed by atoms with Crippen molar-refractivity contribution < 1.29 is 4.79 Å². The number of pyridine rings is 1. The van der Waals surface area contributed by atoms with Crippen LogP contribution in [0.15, 0.2) is 54.9 Å². The van der Waals surface area contributed by atoms with Gasteiger partial charge < -0.3 is 5.32 Å². The van der Waals surface area contributed by atoms with Crippen LogP contribution in [0.25, 0.3) is 6.08 Å². The van der Waals surface area contributed by atoms with E-state index in [0.717, 1.165) is 5.56 Å². The van der Waals surface area contributed by atoms with Crippen LogP contribution < -0.4 is 5.32 Å². The van der Waals surface area contributed by atoms with Crippen LogP contribution in [0.1, 0.15) is 11.1 Å². The lowest BCUT2D eigenvalue weighted by atomic mass is 10.2. The molecule has 92 valence electrons. The largest absolute Gasteiger partial charge is 0.323 e. The summed E-state index contributed by atoms with van der Waals surface area (Å²) in [7, 11) is 0. The highest BCUT2D eigenvalue weighted by molar-refractivity contribution is 6.01. The van der Waals surface area contributed by atoms with Gasteiger partial charge in [0.05, 0.1) is 11.6 Å². The molecule has 0 spiro atoms. The van der Waals surface area contributed by atoms with E-state index in [0.29, 0.717) is 11.3 Å². The first-order chi connectivity index (χ1) is 9.28. The molecule has 1 aromatic carbocycles. The monoisotopic (exact) mass is 249 g/mol. The first kappa shape index (κ1) is 12.5. The fourth-order valence-corrected chi connectivity index (χ4v) is 1.46. The Morgan fingerprint density at radius 1 is 1.26 bits per heavy atom. The molecule has 2 aromatic rings. The van der Waals surface area contributed by atoms with Gasteiger partial charge in [-0.3, -0.25) is 9.78 Å². The van der Waals surface area contributed by atoms with E-state index in [-0.39, 0.29) is 5.91 Å². The molecule has 0 fully saturated rings. The average molecular weight is 249 g/mol. The van der Waals surface area contributed by atoms with Gasteiger partial charge in [0.1, 0.15) is 0 Å². The van der Waals surface area contributed by atoms with Crippen molar-refractivity contribution in [3.8, 4) is 6.07 Å². The summed E-state index contributed by atoms with van der Waals surface area (Å²) in [5, 5.41) is 11.4. The minimum Gasteiger partial charge on any atom is -0.323 e. The Kier molecular flexibility index (Phi) is 4.04. The molecule has 0 aliphatic rings. The number of benzene rings is 1. The summed E-state index contributed by atoms with van der Waals surface area (Å²) < 4.78 is 0. The standard InChI is InChI=1S/C15H11N3O/c16-10-12-3-6-14(7-4-12)18-15(19)8-5-13-2-1-9-17-11-13/h1-9,11H,(H,18,19). The summed E-state index contributed by atoms with van der Waals surface area (Å²) in [5.41, 5.74) is 2.07. The maximum absolute atomic E-state index is 11.7. The Morgan fingerprint density at radius 3 is 2.68 bits per heavy atom. The van der Waals surface area contributed by atoms with Crippen LogP contribution in [0.2, 0.25) is 0 Å². The Bertz CT molecular complexity index is 625. The predicted octanol–water partition coefficient (Wildman–Crippen LogP) is 2.61. The van der Waals surface area contributed by atoms with Gasteiger partial charge in [-0.1, -0.05) is 6.07 Å². The van der Waals surface area contributed by atoms with E-state index < -0.39 is 0 Å². The number of hydrogen-bond acceptors (Lipinski definition) is 3. The Labute approximate surface area is 111 Å². The average Bonchev–Trinajstić information content (AvgIpc) is 2.47. The van der Waals surface area contributed by atoms with Gasteiger partial charge in [0.25, 0.3) is 0 Å². The van der Waals surface area contributed by atoms with E-state index in [9.17, 15) is 4.79 Å². The number of rotatable bonds is 3. The number of carbonyl (C=O) groups is 1. The molecule has 1 heterocycles. The first-order valence-corrected chi connectivity index (χ1v) is 5.67. The summed E-state index contributed by atoms with van der Waals surface area (Å²) in [5.74, 6) is -0.228. The number of anilines is 1. The first-order valence-electron chi connectivity index (χ1n) is 5.67. The van der Waals surface area contributed by atoms with E-state index in [2.05, 4.69) is 10.3 Å². The molecule has 1 N–H and O–H groups in total. The van der Waals surface area contributed by atoms with Crippen molar-refractivity contribution in [2.24, 2.45) is 0 Å². The topological polar surface area (TPSA) is 65.8 Å². The second kappa shape index (κ2) is 6.12. The van der Waals surface area contributed by atoms with Gasteiger partial charge in [-0.25, -0.2) is 0 Å². The van der Waals surface area contributed by atoms with Gasteiger partial charge in [-0.05, 0) is 42.0 Å². The Balaban J connectivity index is 1.98. The van der Waals surface area contributed by atoms with Crippen LogP contribution in [0.4, 0.5) is 5.69 Å². The molecule has 0 atom stereocenters. The van der Waals surface area contributed by atoms with Crippen molar-refractivity contribution in [1.29, 1.82) is 5.26 Å². The summed E-state index contributed by atoms with van der Waals surface area (Å²) in [4.78, 5) is 15.6. The van der Waals surface area contributed by atoms with Gasteiger partial charge in [0, 0.05) is 24.2 Å². The molecule has 19 heavy (non-hydrogen) atoms. The smallest absolute Gasteiger partial charge is 0.248 e. The maximum Gasteiger partial charge on any atom is 0.248 e. The molecule has 1 amide bonds. The third kappa shape index (κ3) is 3.79. The predicted molar refractivity (Wildman–Crippen MR) is 73.1 cm³/mol. The van der Waals surface area contributed by atoms with E-state index >= 15 is 0 Å². The van der Waals surface area contributed by atoms with Gasteiger partial charge in [0.15, 0.2) is 0 Å². The minimum atomic E-state index is -0.228. The van der Waals surface area contributed by atoms with Crippen molar-refractivity contribution in [3.63, 3.8) is 0 Å². The molecule has 0 bridgehead atoms. The number of aromatic nitrogens is 1. The molecule has 4 heteroatoms. The van der Waals surface area contributed by atoms with E-state index in [4.69, 9.17) is 5.26 Å². The number of nitriles is 1. The van der Waals surface area contributed by atoms with Gasteiger partial charge in [0.2, 0.25) is 5.91 Å². The highest BCUT2D eigenvalue weighted by Crippen LogP contribution is 2.09. The molecule has 4 nitrogen and oxygen atoms in total. The van der Waals surface area contributed by atoms with Crippen molar-refractivity contribution in [2.45, 2.75) is 0 Å². The zero-order valence-electron chi connectivity index (χ0n) is 10.1. The van der Waals surface area contributed by atoms with Crippen molar-refractivity contribution in [1.82, 2.24) is 4.98 Å².